The summed E-state index contributed by atoms with van der Waals surface area (Å²) in [6.07, 6.45) is 0. The summed E-state index contributed by atoms with van der Waals surface area (Å²) in [5, 5.41) is 0. The van der Waals surface area contributed by atoms with Crippen LogP contribution >= 0.6 is 34.8 Å². The Morgan fingerprint density at radius 1 is 1.17 bits per heavy atom. The molecule has 0 atom stereocenters. The Kier molecular flexibility index (Phi) is 2.95. The van der Waals surface area contributed by atoms with Gasteiger partial charge in [-0.3, -0.25) is 4.57 Å². The SMILES string of the molecule is Fc1ccc2c(c1)[nH]c(=S)n2-c1ccccc1I. The molecule has 0 radical (unpaired) electrons. The van der Waals surface area contributed by atoms with Crippen LogP contribution in [-0.4, -0.2) is 9.55 Å². The van der Waals surface area contributed by atoms with E-state index in [4.69, 9.17) is 12.2 Å². The van der Waals surface area contributed by atoms with Crippen molar-refractivity contribution in [2.45, 2.75) is 0 Å². The molecule has 0 fully saturated rings. The van der Waals surface area contributed by atoms with Crippen molar-refractivity contribution in [3.8, 4) is 5.69 Å². The molecule has 5 heteroatoms. The summed E-state index contributed by atoms with van der Waals surface area (Å²) in [6, 6.07) is 12.6. The quantitative estimate of drug-likeness (QED) is 0.497. The Bertz CT molecular complexity index is 791. The van der Waals surface area contributed by atoms with Gasteiger partial charge in [0.25, 0.3) is 0 Å². The molecule has 2 aromatic carbocycles. The number of rotatable bonds is 1. The normalized spacial score (nSPS) is 11.0. The third-order valence-electron chi connectivity index (χ3n) is 2.74. The van der Waals surface area contributed by atoms with E-state index >= 15 is 0 Å². The minimum Gasteiger partial charge on any atom is -0.330 e. The van der Waals surface area contributed by atoms with Crippen LogP contribution in [0.15, 0.2) is 42.5 Å². The molecule has 2 nitrogen and oxygen atoms in total. The van der Waals surface area contributed by atoms with Crippen molar-refractivity contribution in [2.24, 2.45) is 0 Å². The first-order valence-electron chi connectivity index (χ1n) is 5.32. The van der Waals surface area contributed by atoms with Gasteiger partial charge in [0.2, 0.25) is 0 Å². The van der Waals surface area contributed by atoms with Crippen molar-refractivity contribution in [1.29, 1.82) is 0 Å². The number of para-hydroxylation sites is 1. The van der Waals surface area contributed by atoms with Crippen molar-refractivity contribution in [3.05, 3.63) is 56.6 Å². The average molecular weight is 370 g/mol. The summed E-state index contributed by atoms with van der Waals surface area (Å²) in [6.45, 7) is 0. The lowest BCUT2D eigenvalue weighted by Crippen LogP contribution is -1.96. The fourth-order valence-corrected chi connectivity index (χ4v) is 2.89. The van der Waals surface area contributed by atoms with Crippen LogP contribution in [0, 0.1) is 14.2 Å². The maximum Gasteiger partial charge on any atom is 0.182 e. The number of halogens is 2. The Morgan fingerprint density at radius 2 is 1.94 bits per heavy atom. The van der Waals surface area contributed by atoms with Gasteiger partial charge < -0.3 is 4.98 Å². The molecule has 0 aliphatic rings. The van der Waals surface area contributed by atoms with Gasteiger partial charge in [0.05, 0.1) is 16.7 Å². The maximum atomic E-state index is 13.2. The first-order chi connectivity index (χ1) is 8.66. The van der Waals surface area contributed by atoms with Gasteiger partial charge in [0.15, 0.2) is 4.77 Å². The third-order valence-corrected chi connectivity index (χ3v) is 3.93. The van der Waals surface area contributed by atoms with E-state index in [1.165, 1.54) is 12.1 Å². The van der Waals surface area contributed by atoms with Gasteiger partial charge in [-0.1, -0.05) is 12.1 Å². The van der Waals surface area contributed by atoms with Gasteiger partial charge in [-0.15, -0.1) is 0 Å². The number of hydrogen-bond acceptors (Lipinski definition) is 1. The summed E-state index contributed by atoms with van der Waals surface area (Å²) in [7, 11) is 0. The van der Waals surface area contributed by atoms with Crippen LogP contribution < -0.4 is 0 Å². The molecule has 3 rings (SSSR count). The van der Waals surface area contributed by atoms with Gasteiger partial charge >= 0.3 is 0 Å². The second-order valence-electron chi connectivity index (χ2n) is 3.88. The minimum absolute atomic E-state index is 0.270. The van der Waals surface area contributed by atoms with E-state index in [2.05, 4.69) is 27.6 Å². The van der Waals surface area contributed by atoms with E-state index in [1.54, 1.807) is 6.07 Å². The molecule has 0 bridgehead atoms. The highest BCUT2D eigenvalue weighted by Gasteiger charge is 2.09. The molecule has 1 heterocycles. The monoisotopic (exact) mass is 370 g/mol. The average Bonchev–Trinajstić information content (AvgIpc) is 2.65. The zero-order chi connectivity index (χ0) is 12.7. The summed E-state index contributed by atoms with van der Waals surface area (Å²) in [4.78, 5) is 3.03. The molecule has 0 unspecified atom stereocenters. The molecular weight excluding hydrogens is 362 g/mol. The number of nitrogens with zero attached hydrogens (tertiary/aromatic N) is 1. The lowest BCUT2D eigenvalue weighted by molar-refractivity contribution is 0.629. The zero-order valence-corrected chi connectivity index (χ0v) is 12.1. The van der Waals surface area contributed by atoms with E-state index < -0.39 is 0 Å². The largest absolute Gasteiger partial charge is 0.330 e. The first-order valence-corrected chi connectivity index (χ1v) is 6.81. The Hall–Kier alpha value is -1.21. The highest BCUT2D eigenvalue weighted by Crippen LogP contribution is 2.23. The second-order valence-corrected chi connectivity index (χ2v) is 5.43. The zero-order valence-electron chi connectivity index (χ0n) is 9.15. The number of nitrogens with one attached hydrogen (secondary N) is 1. The van der Waals surface area contributed by atoms with Crippen molar-refractivity contribution in [1.82, 2.24) is 9.55 Å². The van der Waals surface area contributed by atoms with Crippen molar-refractivity contribution >= 4 is 45.8 Å². The lowest BCUT2D eigenvalue weighted by atomic mass is 10.3. The van der Waals surface area contributed by atoms with Gasteiger partial charge in [-0.2, -0.15) is 0 Å². The van der Waals surface area contributed by atoms with Crippen LogP contribution in [0.3, 0.4) is 0 Å². The molecule has 0 aliphatic heterocycles. The molecule has 3 aromatic rings. The molecule has 90 valence electrons. The van der Waals surface area contributed by atoms with Crippen LogP contribution in [0.25, 0.3) is 16.7 Å². The van der Waals surface area contributed by atoms with E-state index in [0.29, 0.717) is 10.3 Å². The molecule has 0 spiro atoms. The molecule has 1 aromatic heterocycles. The Morgan fingerprint density at radius 3 is 2.72 bits per heavy atom. The van der Waals surface area contributed by atoms with Gasteiger partial charge in [0, 0.05) is 3.57 Å². The van der Waals surface area contributed by atoms with Crippen LogP contribution in [-0.2, 0) is 0 Å². The number of aromatic nitrogens is 2. The van der Waals surface area contributed by atoms with E-state index in [-0.39, 0.29) is 5.82 Å². The molecular formula is C13H8FIN2S. The standard InChI is InChI=1S/C13H8FIN2S/c14-8-5-6-12-10(7-8)16-13(18)17(12)11-4-2-1-3-9(11)15/h1-7H,(H,16,18). The summed E-state index contributed by atoms with van der Waals surface area (Å²) in [5.74, 6) is -0.270. The summed E-state index contributed by atoms with van der Waals surface area (Å²) in [5.41, 5.74) is 2.59. The van der Waals surface area contributed by atoms with Crippen molar-refractivity contribution < 1.29 is 4.39 Å². The van der Waals surface area contributed by atoms with Crippen molar-refractivity contribution in [3.63, 3.8) is 0 Å². The number of imidazole rings is 1. The predicted molar refractivity (Wildman–Crippen MR) is 81.1 cm³/mol. The van der Waals surface area contributed by atoms with Crippen LogP contribution in [0.1, 0.15) is 0 Å². The molecule has 0 saturated carbocycles. The highest BCUT2D eigenvalue weighted by molar-refractivity contribution is 14.1. The molecule has 0 aliphatic carbocycles. The van der Waals surface area contributed by atoms with Crippen LogP contribution in [0.5, 0.6) is 0 Å². The molecule has 18 heavy (non-hydrogen) atoms. The number of aromatic amines is 1. The van der Waals surface area contributed by atoms with Crippen LogP contribution in [0.4, 0.5) is 4.39 Å². The molecule has 1 N–H and O–H groups in total. The topological polar surface area (TPSA) is 20.7 Å². The summed E-state index contributed by atoms with van der Waals surface area (Å²) >= 11 is 7.58. The fourth-order valence-electron chi connectivity index (χ4n) is 1.96. The molecule has 0 amide bonds. The number of H-pyrrole nitrogens is 1. The van der Waals surface area contributed by atoms with Gasteiger partial charge in [0.1, 0.15) is 5.82 Å². The van der Waals surface area contributed by atoms with Gasteiger partial charge in [-0.25, -0.2) is 4.39 Å². The predicted octanol–water partition coefficient (Wildman–Crippen LogP) is 4.43. The summed E-state index contributed by atoms with van der Waals surface area (Å²) < 4.78 is 16.8. The second kappa shape index (κ2) is 4.47. The third kappa shape index (κ3) is 1.87. The van der Waals surface area contributed by atoms with E-state index in [9.17, 15) is 4.39 Å². The first kappa shape index (κ1) is 11.9. The molecule has 0 saturated heterocycles. The minimum atomic E-state index is -0.270. The highest BCUT2D eigenvalue weighted by atomic mass is 127. The number of hydrogen-bond donors (Lipinski definition) is 1. The smallest absolute Gasteiger partial charge is 0.182 e. The van der Waals surface area contributed by atoms with Crippen LogP contribution in [0.2, 0.25) is 0 Å². The van der Waals surface area contributed by atoms with E-state index in [0.717, 1.165) is 14.8 Å². The van der Waals surface area contributed by atoms with E-state index in [1.807, 2.05) is 28.8 Å². The number of fused-ring (bicyclic) bond motifs is 1. The number of benzene rings is 2. The fraction of sp³-hybridized carbons (Fsp3) is 0. The maximum absolute atomic E-state index is 13.2. The van der Waals surface area contributed by atoms with Gasteiger partial charge in [-0.05, 0) is 65.1 Å². The lowest BCUT2D eigenvalue weighted by Gasteiger charge is -2.06. The Labute approximate surface area is 122 Å². The van der Waals surface area contributed by atoms with Crippen molar-refractivity contribution in [2.75, 3.05) is 0 Å². The Balaban J connectivity index is 2.40.